The van der Waals surface area contributed by atoms with E-state index >= 15 is 0 Å². The molecule has 1 rings (SSSR count). The van der Waals surface area contributed by atoms with Crippen LogP contribution >= 0.6 is 34.9 Å². The summed E-state index contributed by atoms with van der Waals surface area (Å²) in [4.78, 5) is 6.73. The molecule has 0 aromatic carbocycles. The first-order chi connectivity index (χ1) is 8.61. The van der Waals surface area contributed by atoms with Crippen LogP contribution in [0.25, 0.3) is 0 Å². The molecule has 0 aliphatic carbocycles. The molecule has 0 bridgehead atoms. The zero-order chi connectivity index (χ0) is 13.5. The van der Waals surface area contributed by atoms with Crippen molar-refractivity contribution >= 4 is 45.9 Å². The standard InChI is InChI=1S/C10H16ClN5S2/c1-7-8(18-15-14-7)9(12)16(3)10(13-2)17-6-4-5-11/h12H,4-6H2,1-3H3/b12-9?,13-10+. The van der Waals surface area contributed by atoms with Gasteiger partial charge in [-0.1, -0.05) is 16.3 Å². The summed E-state index contributed by atoms with van der Waals surface area (Å²) in [6.45, 7) is 1.85. The Morgan fingerprint density at radius 1 is 1.61 bits per heavy atom. The highest BCUT2D eigenvalue weighted by atomic mass is 35.5. The van der Waals surface area contributed by atoms with Gasteiger partial charge in [-0.25, -0.2) is 0 Å². The lowest BCUT2D eigenvalue weighted by atomic mass is 10.3. The maximum atomic E-state index is 8.14. The van der Waals surface area contributed by atoms with Crippen LogP contribution in [0.15, 0.2) is 4.99 Å². The number of alkyl halides is 1. The molecule has 0 atom stereocenters. The zero-order valence-corrected chi connectivity index (χ0v) is 13.0. The predicted octanol–water partition coefficient (Wildman–Crippen LogP) is 2.45. The molecule has 5 nitrogen and oxygen atoms in total. The Morgan fingerprint density at radius 3 is 2.83 bits per heavy atom. The van der Waals surface area contributed by atoms with Gasteiger partial charge < -0.3 is 4.90 Å². The van der Waals surface area contributed by atoms with Crippen molar-refractivity contribution in [1.82, 2.24) is 14.5 Å². The Labute approximate surface area is 120 Å². The summed E-state index contributed by atoms with van der Waals surface area (Å²) in [7, 11) is 3.56. The van der Waals surface area contributed by atoms with Gasteiger partial charge in [-0.2, -0.15) is 0 Å². The first-order valence-electron chi connectivity index (χ1n) is 5.39. The van der Waals surface area contributed by atoms with E-state index in [-0.39, 0.29) is 0 Å². The third kappa shape index (κ3) is 3.93. The smallest absolute Gasteiger partial charge is 0.164 e. The lowest BCUT2D eigenvalue weighted by molar-refractivity contribution is 0.761. The highest BCUT2D eigenvalue weighted by Gasteiger charge is 2.17. The Morgan fingerprint density at radius 2 is 2.33 bits per heavy atom. The third-order valence-corrected chi connectivity index (χ3v) is 4.50. The summed E-state index contributed by atoms with van der Waals surface area (Å²) < 4.78 is 3.85. The van der Waals surface area contributed by atoms with Gasteiger partial charge >= 0.3 is 0 Å². The van der Waals surface area contributed by atoms with Crippen LogP contribution in [0.2, 0.25) is 0 Å². The average Bonchev–Trinajstić information content (AvgIpc) is 2.79. The molecule has 0 amide bonds. The van der Waals surface area contributed by atoms with Crippen LogP contribution in [0.1, 0.15) is 17.0 Å². The Kier molecular flexibility index (Phi) is 6.59. The van der Waals surface area contributed by atoms with Crippen molar-refractivity contribution < 1.29 is 0 Å². The minimum Gasteiger partial charge on any atom is -0.308 e. The highest BCUT2D eigenvalue weighted by Crippen LogP contribution is 2.16. The van der Waals surface area contributed by atoms with Crippen LogP contribution in [0.5, 0.6) is 0 Å². The minimum absolute atomic E-state index is 0.376. The predicted molar refractivity (Wildman–Crippen MR) is 80.4 cm³/mol. The van der Waals surface area contributed by atoms with Gasteiger partial charge in [-0.3, -0.25) is 10.4 Å². The Hall–Kier alpha value is -0.660. The molecule has 0 aliphatic rings. The number of hydrogen-bond donors (Lipinski definition) is 1. The third-order valence-electron chi connectivity index (χ3n) is 2.19. The van der Waals surface area contributed by atoms with E-state index in [9.17, 15) is 0 Å². The molecule has 0 fully saturated rings. The average molecular weight is 306 g/mol. The van der Waals surface area contributed by atoms with Crippen LogP contribution < -0.4 is 0 Å². The van der Waals surface area contributed by atoms with Crippen molar-refractivity contribution in [3.05, 3.63) is 10.6 Å². The fourth-order valence-corrected chi connectivity index (χ4v) is 3.04. The Bertz CT molecular complexity index is 432. The first kappa shape index (κ1) is 15.4. The summed E-state index contributed by atoms with van der Waals surface area (Å²) in [5.74, 6) is 1.91. The number of nitrogens with zero attached hydrogens (tertiary/aromatic N) is 4. The molecule has 0 spiro atoms. The number of thioether (sulfide) groups is 1. The SMILES string of the molecule is C/N=C(/SCCCCl)N(C)C(=N)c1snnc1C. The zero-order valence-electron chi connectivity index (χ0n) is 10.6. The molecule has 1 aromatic rings. The molecule has 0 radical (unpaired) electrons. The number of amidine groups is 2. The van der Waals surface area contributed by atoms with E-state index in [1.165, 1.54) is 11.5 Å². The van der Waals surface area contributed by atoms with Gasteiger partial charge in [-0.15, -0.1) is 16.7 Å². The van der Waals surface area contributed by atoms with Gasteiger partial charge in [0.15, 0.2) is 5.17 Å². The maximum Gasteiger partial charge on any atom is 0.164 e. The number of aliphatic imine (C=N–C) groups is 1. The van der Waals surface area contributed by atoms with Gasteiger partial charge in [0, 0.05) is 25.7 Å². The van der Waals surface area contributed by atoms with Crippen LogP contribution in [0.3, 0.4) is 0 Å². The lowest BCUT2D eigenvalue weighted by Crippen LogP contribution is -2.31. The van der Waals surface area contributed by atoms with Crippen molar-refractivity contribution in [3.8, 4) is 0 Å². The van der Waals surface area contributed by atoms with Gasteiger partial charge in [-0.05, 0) is 24.9 Å². The monoisotopic (exact) mass is 305 g/mol. The summed E-state index contributed by atoms with van der Waals surface area (Å²) in [6, 6.07) is 0. The van der Waals surface area contributed by atoms with Gasteiger partial charge in [0.1, 0.15) is 10.7 Å². The molecule has 1 N–H and O–H groups in total. The lowest BCUT2D eigenvalue weighted by Gasteiger charge is -2.20. The molecule has 0 saturated carbocycles. The largest absolute Gasteiger partial charge is 0.308 e. The van der Waals surface area contributed by atoms with Crippen molar-refractivity contribution in [1.29, 1.82) is 5.41 Å². The summed E-state index contributed by atoms with van der Waals surface area (Å²) in [6.07, 6.45) is 0.924. The second-order valence-electron chi connectivity index (χ2n) is 3.49. The number of aryl methyl sites for hydroxylation is 1. The second-order valence-corrected chi connectivity index (χ2v) is 5.69. The van der Waals surface area contributed by atoms with E-state index in [1.807, 2.05) is 14.0 Å². The topological polar surface area (TPSA) is 65.2 Å². The fraction of sp³-hybridized carbons (Fsp3) is 0.600. The van der Waals surface area contributed by atoms with E-state index in [1.54, 1.807) is 23.7 Å². The molecule has 0 unspecified atom stereocenters. The van der Waals surface area contributed by atoms with Crippen LogP contribution in [0, 0.1) is 12.3 Å². The molecular weight excluding hydrogens is 290 g/mol. The van der Waals surface area contributed by atoms with Crippen molar-refractivity contribution in [2.45, 2.75) is 13.3 Å². The van der Waals surface area contributed by atoms with Crippen molar-refractivity contribution in [2.75, 3.05) is 25.7 Å². The number of halogens is 1. The van der Waals surface area contributed by atoms with E-state index < -0.39 is 0 Å². The number of aromatic nitrogens is 2. The second kappa shape index (κ2) is 7.70. The van der Waals surface area contributed by atoms with Gasteiger partial charge in [0.25, 0.3) is 0 Å². The molecule has 0 aliphatic heterocycles. The fourth-order valence-electron chi connectivity index (χ4n) is 1.23. The van der Waals surface area contributed by atoms with Crippen LogP contribution in [0.4, 0.5) is 0 Å². The molecule has 1 heterocycles. The summed E-state index contributed by atoms with van der Waals surface area (Å²) in [5.41, 5.74) is 0.776. The molecule has 1 aromatic heterocycles. The molecule has 100 valence electrons. The van der Waals surface area contributed by atoms with Crippen LogP contribution in [-0.2, 0) is 0 Å². The first-order valence-corrected chi connectivity index (χ1v) is 7.68. The van der Waals surface area contributed by atoms with E-state index in [2.05, 4.69) is 14.6 Å². The number of hydrogen-bond acceptors (Lipinski definition) is 6. The van der Waals surface area contributed by atoms with Crippen molar-refractivity contribution in [3.63, 3.8) is 0 Å². The number of rotatable bonds is 4. The molecule has 0 saturated heterocycles. The molecule has 8 heteroatoms. The summed E-state index contributed by atoms with van der Waals surface area (Å²) in [5, 5.41) is 12.9. The van der Waals surface area contributed by atoms with Gasteiger partial charge in [0.2, 0.25) is 0 Å². The van der Waals surface area contributed by atoms with Crippen molar-refractivity contribution in [2.24, 2.45) is 4.99 Å². The van der Waals surface area contributed by atoms with Crippen LogP contribution in [-0.4, -0.2) is 51.2 Å². The number of nitrogens with one attached hydrogen (secondary N) is 1. The van der Waals surface area contributed by atoms with Gasteiger partial charge in [0.05, 0.1) is 5.69 Å². The molecule has 18 heavy (non-hydrogen) atoms. The quantitative estimate of drug-likeness (QED) is 0.402. The molecular formula is C10H16ClN5S2. The summed E-state index contributed by atoms with van der Waals surface area (Å²) >= 11 is 8.48. The Balaban J connectivity index is 2.70. The highest BCUT2D eigenvalue weighted by molar-refractivity contribution is 8.13. The maximum absolute atomic E-state index is 8.14. The minimum atomic E-state index is 0.376. The van der Waals surface area contributed by atoms with E-state index in [4.69, 9.17) is 17.0 Å². The normalized spacial score (nSPS) is 11.7. The van der Waals surface area contributed by atoms with E-state index in [0.29, 0.717) is 11.7 Å². The van der Waals surface area contributed by atoms with E-state index in [0.717, 1.165) is 27.9 Å².